The fourth-order valence-electron chi connectivity index (χ4n) is 1.33. The van der Waals surface area contributed by atoms with E-state index in [-0.39, 0.29) is 4.90 Å². The number of hydrogen-bond donors (Lipinski definition) is 1. The fourth-order valence-corrected chi connectivity index (χ4v) is 1.96. The highest BCUT2D eigenvalue weighted by molar-refractivity contribution is 7.90. The average molecular weight is 237 g/mol. The molecule has 0 unspecified atom stereocenters. The van der Waals surface area contributed by atoms with Crippen molar-refractivity contribution in [3.05, 3.63) is 36.5 Å². The Kier molecular flexibility index (Phi) is 2.43. The third-order valence-electron chi connectivity index (χ3n) is 2.14. The Morgan fingerprint density at radius 3 is 2.25 bits per heavy atom. The van der Waals surface area contributed by atoms with E-state index in [0.717, 1.165) is 5.69 Å². The smallest absolute Gasteiger partial charge is 0.175 e. The van der Waals surface area contributed by atoms with Gasteiger partial charge in [0.15, 0.2) is 9.84 Å². The monoisotopic (exact) mass is 237 g/mol. The first kappa shape index (κ1) is 10.7. The molecule has 0 saturated carbocycles. The maximum absolute atomic E-state index is 11.2. The number of rotatable bonds is 2. The standard InChI is InChI=1S/C10H11N3O2S/c1-16(14,15)9-4-2-8(3-5-9)13-7-6-10(11)12-13/h2-7H,1H3,(H2,11,12). The minimum atomic E-state index is -3.15. The van der Waals surface area contributed by atoms with E-state index in [4.69, 9.17) is 5.73 Å². The molecule has 2 rings (SSSR count). The molecule has 0 saturated heterocycles. The first-order valence-electron chi connectivity index (χ1n) is 4.58. The number of anilines is 1. The summed E-state index contributed by atoms with van der Waals surface area (Å²) in [5.41, 5.74) is 6.25. The van der Waals surface area contributed by atoms with Crippen LogP contribution in [-0.4, -0.2) is 24.5 Å². The van der Waals surface area contributed by atoms with E-state index in [1.54, 1.807) is 41.2 Å². The summed E-state index contributed by atoms with van der Waals surface area (Å²) in [4.78, 5) is 0.288. The highest BCUT2D eigenvalue weighted by Gasteiger charge is 2.06. The van der Waals surface area contributed by atoms with Crippen LogP contribution < -0.4 is 5.73 Å². The molecule has 1 aromatic carbocycles. The average Bonchev–Trinajstić information content (AvgIpc) is 2.64. The Hall–Kier alpha value is -1.82. The van der Waals surface area contributed by atoms with E-state index in [2.05, 4.69) is 5.10 Å². The van der Waals surface area contributed by atoms with E-state index < -0.39 is 9.84 Å². The van der Waals surface area contributed by atoms with Crippen LogP contribution in [-0.2, 0) is 9.84 Å². The van der Waals surface area contributed by atoms with E-state index in [0.29, 0.717) is 5.82 Å². The van der Waals surface area contributed by atoms with Crippen molar-refractivity contribution in [3.8, 4) is 5.69 Å². The Morgan fingerprint density at radius 2 is 1.81 bits per heavy atom. The lowest BCUT2D eigenvalue weighted by atomic mass is 10.3. The fraction of sp³-hybridized carbons (Fsp3) is 0.100. The molecule has 5 nitrogen and oxygen atoms in total. The summed E-state index contributed by atoms with van der Waals surface area (Å²) < 4.78 is 24.1. The number of aromatic nitrogens is 2. The quantitative estimate of drug-likeness (QED) is 0.840. The third kappa shape index (κ3) is 2.06. The van der Waals surface area contributed by atoms with Gasteiger partial charge in [0.2, 0.25) is 0 Å². The van der Waals surface area contributed by atoms with Crippen LogP contribution >= 0.6 is 0 Å². The zero-order chi connectivity index (χ0) is 11.8. The van der Waals surface area contributed by atoms with E-state index in [1.165, 1.54) is 6.26 Å². The summed E-state index contributed by atoms with van der Waals surface area (Å²) in [6, 6.07) is 8.13. The maximum Gasteiger partial charge on any atom is 0.175 e. The molecule has 2 N–H and O–H groups in total. The molecule has 0 aliphatic heterocycles. The van der Waals surface area contributed by atoms with Crippen molar-refractivity contribution in [2.45, 2.75) is 4.90 Å². The number of nitrogens with zero attached hydrogens (tertiary/aromatic N) is 2. The molecule has 0 bridgehead atoms. The molecule has 0 aliphatic rings. The zero-order valence-electron chi connectivity index (χ0n) is 8.66. The van der Waals surface area contributed by atoms with Crippen molar-refractivity contribution >= 4 is 15.7 Å². The lowest BCUT2D eigenvalue weighted by Crippen LogP contribution is -1.99. The highest BCUT2D eigenvalue weighted by Crippen LogP contribution is 2.13. The first-order chi connectivity index (χ1) is 7.47. The molecule has 1 heterocycles. The van der Waals surface area contributed by atoms with Gasteiger partial charge in [0.1, 0.15) is 5.82 Å². The summed E-state index contributed by atoms with van der Waals surface area (Å²) in [5, 5.41) is 4.02. The molecular weight excluding hydrogens is 226 g/mol. The second kappa shape index (κ2) is 3.64. The van der Waals surface area contributed by atoms with Crippen LogP contribution in [0.15, 0.2) is 41.4 Å². The van der Waals surface area contributed by atoms with Gasteiger partial charge in [0.25, 0.3) is 0 Å². The summed E-state index contributed by atoms with van der Waals surface area (Å²) >= 11 is 0. The van der Waals surface area contributed by atoms with Crippen LogP contribution in [0.3, 0.4) is 0 Å². The molecule has 2 aromatic rings. The molecule has 0 fully saturated rings. The topological polar surface area (TPSA) is 78.0 Å². The summed E-state index contributed by atoms with van der Waals surface area (Å²) in [5.74, 6) is 0.423. The lowest BCUT2D eigenvalue weighted by Gasteiger charge is -2.02. The molecule has 0 radical (unpaired) electrons. The zero-order valence-corrected chi connectivity index (χ0v) is 9.48. The van der Waals surface area contributed by atoms with Gasteiger partial charge in [0, 0.05) is 18.5 Å². The number of benzene rings is 1. The highest BCUT2D eigenvalue weighted by atomic mass is 32.2. The van der Waals surface area contributed by atoms with Gasteiger partial charge in [-0.1, -0.05) is 0 Å². The molecule has 0 atom stereocenters. The van der Waals surface area contributed by atoms with Crippen LogP contribution in [0, 0.1) is 0 Å². The van der Waals surface area contributed by atoms with Crippen molar-refractivity contribution < 1.29 is 8.42 Å². The van der Waals surface area contributed by atoms with Gasteiger partial charge in [-0.3, -0.25) is 0 Å². The van der Waals surface area contributed by atoms with E-state index >= 15 is 0 Å². The van der Waals surface area contributed by atoms with Crippen LogP contribution in [0.5, 0.6) is 0 Å². The van der Waals surface area contributed by atoms with Gasteiger partial charge >= 0.3 is 0 Å². The van der Waals surface area contributed by atoms with Gasteiger partial charge in [0.05, 0.1) is 10.6 Å². The van der Waals surface area contributed by atoms with Gasteiger partial charge < -0.3 is 5.73 Å². The van der Waals surface area contributed by atoms with Gasteiger partial charge in [-0.05, 0) is 24.3 Å². The maximum atomic E-state index is 11.2. The molecule has 6 heteroatoms. The lowest BCUT2D eigenvalue weighted by molar-refractivity contribution is 0.602. The molecule has 1 aromatic heterocycles. The van der Waals surface area contributed by atoms with Crippen molar-refractivity contribution in [1.29, 1.82) is 0 Å². The summed E-state index contributed by atoms with van der Waals surface area (Å²) in [7, 11) is -3.15. The van der Waals surface area contributed by atoms with Crippen molar-refractivity contribution in [2.24, 2.45) is 0 Å². The third-order valence-corrected chi connectivity index (χ3v) is 3.27. The van der Waals surface area contributed by atoms with Crippen molar-refractivity contribution in [3.63, 3.8) is 0 Å². The van der Waals surface area contributed by atoms with Crippen LogP contribution in [0.4, 0.5) is 5.82 Å². The predicted molar refractivity (Wildman–Crippen MR) is 61.1 cm³/mol. The Balaban J connectivity index is 2.40. The molecule has 16 heavy (non-hydrogen) atoms. The molecular formula is C10H11N3O2S. The summed E-state index contributed by atoms with van der Waals surface area (Å²) in [6.07, 6.45) is 2.89. The Labute approximate surface area is 93.4 Å². The number of hydrogen-bond acceptors (Lipinski definition) is 4. The molecule has 84 valence electrons. The normalized spacial score (nSPS) is 11.6. The van der Waals surface area contributed by atoms with Crippen LogP contribution in [0.2, 0.25) is 0 Å². The number of nitrogens with two attached hydrogens (primary N) is 1. The molecule has 0 spiro atoms. The van der Waals surface area contributed by atoms with Crippen LogP contribution in [0.1, 0.15) is 0 Å². The summed E-state index contributed by atoms with van der Waals surface area (Å²) in [6.45, 7) is 0. The minimum absolute atomic E-state index is 0.288. The molecule has 0 aliphatic carbocycles. The van der Waals surface area contributed by atoms with E-state index in [1.807, 2.05) is 0 Å². The second-order valence-electron chi connectivity index (χ2n) is 3.45. The second-order valence-corrected chi connectivity index (χ2v) is 5.47. The van der Waals surface area contributed by atoms with E-state index in [9.17, 15) is 8.42 Å². The first-order valence-corrected chi connectivity index (χ1v) is 6.47. The molecule has 0 amide bonds. The van der Waals surface area contributed by atoms with Crippen molar-refractivity contribution in [1.82, 2.24) is 9.78 Å². The van der Waals surface area contributed by atoms with Gasteiger partial charge in [-0.25, -0.2) is 13.1 Å². The van der Waals surface area contributed by atoms with Gasteiger partial charge in [-0.2, -0.15) is 5.10 Å². The van der Waals surface area contributed by atoms with Crippen molar-refractivity contribution in [2.75, 3.05) is 12.0 Å². The number of sulfone groups is 1. The Morgan fingerprint density at radius 1 is 1.19 bits per heavy atom. The SMILES string of the molecule is CS(=O)(=O)c1ccc(-n2ccc(N)n2)cc1. The Bertz CT molecular complexity index is 599. The minimum Gasteiger partial charge on any atom is -0.382 e. The van der Waals surface area contributed by atoms with Crippen LogP contribution in [0.25, 0.3) is 5.69 Å². The number of nitrogen functional groups attached to an aromatic ring is 1. The van der Waals surface area contributed by atoms with Gasteiger partial charge in [-0.15, -0.1) is 0 Å². The largest absolute Gasteiger partial charge is 0.382 e. The predicted octanol–water partition coefficient (Wildman–Crippen LogP) is 0.858.